The van der Waals surface area contributed by atoms with Gasteiger partial charge in [-0.15, -0.1) is 0 Å². The first kappa shape index (κ1) is 14.0. The molecule has 0 aliphatic heterocycles. The number of nitrogens with two attached hydrogens (primary N) is 1. The van der Waals surface area contributed by atoms with Crippen LogP contribution in [0.2, 0.25) is 0 Å². The minimum absolute atomic E-state index is 0.258. The van der Waals surface area contributed by atoms with E-state index in [2.05, 4.69) is 0 Å². The van der Waals surface area contributed by atoms with E-state index in [4.69, 9.17) is 19.9 Å². The van der Waals surface area contributed by atoms with Crippen molar-refractivity contribution in [1.29, 1.82) is 0 Å². The van der Waals surface area contributed by atoms with Crippen LogP contribution in [-0.2, 0) is 6.61 Å². The third kappa shape index (κ3) is 3.12. The quantitative estimate of drug-likeness (QED) is 0.854. The molecule has 106 valence electrons. The molecular weight excluding hydrogens is 261 g/mol. The monoisotopic (exact) mass is 277 g/mol. The Bertz CT molecular complexity index is 602. The van der Waals surface area contributed by atoms with Gasteiger partial charge in [0.1, 0.15) is 18.2 Å². The molecule has 2 aromatic rings. The highest BCUT2D eigenvalue weighted by Gasteiger charge is 2.07. The SMILES string of the molecule is COc1ccc(COc2cc(F)ccc2N)cc1OC. The Labute approximate surface area is 116 Å². The molecule has 2 N–H and O–H groups in total. The smallest absolute Gasteiger partial charge is 0.161 e. The van der Waals surface area contributed by atoms with E-state index in [1.807, 2.05) is 6.07 Å². The Morgan fingerprint density at radius 1 is 0.950 bits per heavy atom. The van der Waals surface area contributed by atoms with E-state index in [0.29, 0.717) is 22.9 Å². The summed E-state index contributed by atoms with van der Waals surface area (Å²) >= 11 is 0. The molecule has 0 radical (unpaired) electrons. The molecule has 0 aliphatic carbocycles. The number of rotatable bonds is 5. The van der Waals surface area contributed by atoms with Crippen molar-refractivity contribution in [3.05, 3.63) is 47.8 Å². The zero-order valence-electron chi connectivity index (χ0n) is 11.4. The lowest BCUT2D eigenvalue weighted by Crippen LogP contribution is -2.00. The van der Waals surface area contributed by atoms with Crippen LogP contribution in [0.1, 0.15) is 5.56 Å². The van der Waals surface area contributed by atoms with E-state index in [1.54, 1.807) is 26.4 Å². The van der Waals surface area contributed by atoms with Crippen molar-refractivity contribution in [3.8, 4) is 17.2 Å². The first-order chi connectivity index (χ1) is 9.63. The minimum atomic E-state index is -0.387. The van der Waals surface area contributed by atoms with Gasteiger partial charge in [-0.05, 0) is 29.8 Å². The van der Waals surface area contributed by atoms with E-state index in [-0.39, 0.29) is 12.4 Å². The lowest BCUT2D eigenvalue weighted by atomic mass is 10.2. The van der Waals surface area contributed by atoms with Crippen LogP contribution in [0.15, 0.2) is 36.4 Å². The molecule has 2 aromatic carbocycles. The highest BCUT2D eigenvalue weighted by Crippen LogP contribution is 2.29. The van der Waals surface area contributed by atoms with Gasteiger partial charge >= 0.3 is 0 Å². The molecule has 0 aromatic heterocycles. The summed E-state index contributed by atoms with van der Waals surface area (Å²) in [5.74, 6) is 1.18. The fourth-order valence-corrected chi connectivity index (χ4v) is 1.76. The first-order valence-corrected chi connectivity index (χ1v) is 6.02. The highest BCUT2D eigenvalue weighted by atomic mass is 19.1. The summed E-state index contributed by atoms with van der Waals surface area (Å²) in [6.07, 6.45) is 0. The molecule has 20 heavy (non-hydrogen) atoms. The summed E-state index contributed by atoms with van der Waals surface area (Å²) in [7, 11) is 3.13. The second kappa shape index (κ2) is 6.14. The Balaban J connectivity index is 2.12. The van der Waals surface area contributed by atoms with Crippen LogP contribution < -0.4 is 19.9 Å². The summed E-state index contributed by atoms with van der Waals surface area (Å²) in [5, 5.41) is 0. The largest absolute Gasteiger partial charge is 0.493 e. The molecule has 0 saturated heterocycles. The predicted octanol–water partition coefficient (Wildman–Crippen LogP) is 3.00. The Kier molecular flexibility index (Phi) is 4.30. The lowest BCUT2D eigenvalue weighted by molar-refractivity contribution is 0.304. The van der Waals surface area contributed by atoms with Gasteiger partial charge in [-0.2, -0.15) is 0 Å². The van der Waals surface area contributed by atoms with Gasteiger partial charge in [0, 0.05) is 6.07 Å². The molecule has 0 atom stereocenters. The normalized spacial score (nSPS) is 10.2. The van der Waals surface area contributed by atoms with Crippen molar-refractivity contribution < 1.29 is 18.6 Å². The fourth-order valence-electron chi connectivity index (χ4n) is 1.76. The van der Waals surface area contributed by atoms with Crippen molar-refractivity contribution in [3.63, 3.8) is 0 Å². The van der Waals surface area contributed by atoms with Crippen molar-refractivity contribution in [1.82, 2.24) is 0 Å². The maximum atomic E-state index is 13.1. The summed E-state index contributed by atoms with van der Waals surface area (Å²) in [6.45, 7) is 0.258. The lowest BCUT2D eigenvalue weighted by Gasteiger charge is -2.11. The van der Waals surface area contributed by atoms with E-state index >= 15 is 0 Å². The third-order valence-corrected chi connectivity index (χ3v) is 2.82. The number of methoxy groups -OCH3 is 2. The molecule has 4 nitrogen and oxygen atoms in total. The number of halogens is 1. The summed E-state index contributed by atoms with van der Waals surface area (Å²) in [4.78, 5) is 0. The average molecular weight is 277 g/mol. The molecule has 0 fully saturated rings. The van der Waals surface area contributed by atoms with Crippen LogP contribution in [0.4, 0.5) is 10.1 Å². The van der Waals surface area contributed by atoms with Gasteiger partial charge in [0.2, 0.25) is 0 Å². The Morgan fingerprint density at radius 3 is 2.40 bits per heavy atom. The number of hydrogen-bond acceptors (Lipinski definition) is 4. The Morgan fingerprint density at radius 2 is 1.70 bits per heavy atom. The van der Waals surface area contributed by atoms with Crippen LogP contribution in [0, 0.1) is 5.82 Å². The molecule has 5 heteroatoms. The number of hydrogen-bond donors (Lipinski definition) is 1. The molecule has 0 amide bonds. The maximum absolute atomic E-state index is 13.1. The molecule has 0 heterocycles. The summed E-state index contributed by atoms with van der Waals surface area (Å²) < 4.78 is 29.0. The first-order valence-electron chi connectivity index (χ1n) is 6.02. The average Bonchev–Trinajstić information content (AvgIpc) is 2.47. The van der Waals surface area contributed by atoms with Crippen molar-refractivity contribution in [2.75, 3.05) is 20.0 Å². The summed E-state index contributed by atoms with van der Waals surface area (Å²) in [5.41, 5.74) is 6.98. The Hall–Kier alpha value is -2.43. The van der Waals surface area contributed by atoms with E-state index in [0.717, 1.165) is 5.56 Å². The predicted molar refractivity (Wildman–Crippen MR) is 74.7 cm³/mol. The van der Waals surface area contributed by atoms with Gasteiger partial charge in [0.15, 0.2) is 11.5 Å². The standard InChI is InChI=1S/C15H16FNO3/c1-18-13-6-3-10(7-15(13)19-2)9-20-14-8-11(16)4-5-12(14)17/h3-8H,9,17H2,1-2H3. The fraction of sp³-hybridized carbons (Fsp3) is 0.200. The molecule has 2 rings (SSSR count). The molecule has 0 saturated carbocycles. The van der Waals surface area contributed by atoms with Gasteiger partial charge in [-0.25, -0.2) is 4.39 Å². The van der Waals surface area contributed by atoms with Gasteiger partial charge in [0.25, 0.3) is 0 Å². The minimum Gasteiger partial charge on any atom is -0.493 e. The van der Waals surface area contributed by atoms with Crippen LogP contribution in [-0.4, -0.2) is 14.2 Å². The topological polar surface area (TPSA) is 53.7 Å². The van der Waals surface area contributed by atoms with Crippen LogP contribution >= 0.6 is 0 Å². The van der Waals surface area contributed by atoms with Crippen molar-refractivity contribution in [2.24, 2.45) is 0 Å². The number of benzene rings is 2. The molecule has 0 bridgehead atoms. The second-order valence-corrected chi connectivity index (χ2v) is 4.16. The summed E-state index contributed by atoms with van der Waals surface area (Å²) in [6, 6.07) is 9.45. The van der Waals surface area contributed by atoms with Crippen LogP contribution in [0.5, 0.6) is 17.2 Å². The van der Waals surface area contributed by atoms with E-state index < -0.39 is 0 Å². The van der Waals surface area contributed by atoms with Gasteiger partial charge < -0.3 is 19.9 Å². The molecular formula is C15H16FNO3. The molecule has 0 unspecified atom stereocenters. The molecule has 0 spiro atoms. The highest BCUT2D eigenvalue weighted by molar-refractivity contribution is 5.52. The van der Waals surface area contributed by atoms with Crippen LogP contribution in [0.25, 0.3) is 0 Å². The number of nitrogen functional groups attached to an aromatic ring is 1. The third-order valence-electron chi connectivity index (χ3n) is 2.82. The van der Waals surface area contributed by atoms with Gasteiger partial charge in [-0.1, -0.05) is 6.07 Å². The number of anilines is 1. The van der Waals surface area contributed by atoms with Gasteiger partial charge in [0.05, 0.1) is 19.9 Å². The zero-order valence-corrected chi connectivity index (χ0v) is 11.4. The van der Waals surface area contributed by atoms with Gasteiger partial charge in [-0.3, -0.25) is 0 Å². The second-order valence-electron chi connectivity index (χ2n) is 4.16. The van der Waals surface area contributed by atoms with E-state index in [9.17, 15) is 4.39 Å². The van der Waals surface area contributed by atoms with Crippen molar-refractivity contribution >= 4 is 5.69 Å². The zero-order chi connectivity index (χ0) is 14.5. The number of ether oxygens (including phenoxy) is 3. The molecule has 0 aliphatic rings. The maximum Gasteiger partial charge on any atom is 0.161 e. The van der Waals surface area contributed by atoms with Crippen molar-refractivity contribution in [2.45, 2.75) is 6.61 Å². The van der Waals surface area contributed by atoms with Crippen LogP contribution in [0.3, 0.4) is 0 Å². The van der Waals surface area contributed by atoms with E-state index in [1.165, 1.54) is 18.2 Å².